The normalized spacial score (nSPS) is 23.9. The zero-order valence-electron chi connectivity index (χ0n) is 12.3. The maximum atomic E-state index is 4.45. The van der Waals surface area contributed by atoms with Crippen molar-refractivity contribution in [1.82, 2.24) is 15.1 Å². The monoisotopic (exact) mass is 345 g/mol. The van der Waals surface area contributed by atoms with Crippen molar-refractivity contribution in [2.24, 2.45) is 7.05 Å². The summed E-state index contributed by atoms with van der Waals surface area (Å²) in [4.78, 5) is 0. The maximum Gasteiger partial charge on any atom is 0.0540 e. The van der Waals surface area contributed by atoms with Crippen LogP contribution in [0.2, 0.25) is 0 Å². The SMILES string of the molecule is Cn1ncc2c1CCCC2NC1CCc2c(Br)cccc21. The van der Waals surface area contributed by atoms with E-state index in [0.29, 0.717) is 12.1 Å². The van der Waals surface area contributed by atoms with Gasteiger partial charge >= 0.3 is 0 Å². The maximum absolute atomic E-state index is 4.45. The van der Waals surface area contributed by atoms with Gasteiger partial charge in [0.1, 0.15) is 0 Å². The molecule has 2 atom stereocenters. The zero-order valence-corrected chi connectivity index (χ0v) is 13.9. The molecule has 0 bridgehead atoms. The van der Waals surface area contributed by atoms with E-state index >= 15 is 0 Å². The number of halogens is 1. The fraction of sp³-hybridized carbons (Fsp3) is 0.471. The number of nitrogens with zero attached hydrogens (tertiary/aromatic N) is 2. The lowest BCUT2D eigenvalue weighted by Gasteiger charge is -2.27. The summed E-state index contributed by atoms with van der Waals surface area (Å²) in [5.41, 5.74) is 5.77. The number of aromatic nitrogens is 2. The highest BCUT2D eigenvalue weighted by atomic mass is 79.9. The lowest BCUT2D eigenvalue weighted by Crippen LogP contribution is -2.28. The smallest absolute Gasteiger partial charge is 0.0540 e. The third-order valence-electron chi connectivity index (χ3n) is 4.99. The van der Waals surface area contributed by atoms with Crippen molar-refractivity contribution in [2.45, 2.75) is 44.2 Å². The third kappa shape index (κ3) is 2.25. The molecule has 110 valence electrons. The second kappa shape index (κ2) is 5.25. The van der Waals surface area contributed by atoms with E-state index in [2.05, 4.69) is 57.8 Å². The lowest BCUT2D eigenvalue weighted by molar-refractivity contribution is 0.395. The molecule has 2 aliphatic rings. The Kier molecular flexibility index (Phi) is 3.38. The van der Waals surface area contributed by atoms with Gasteiger partial charge in [0, 0.05) is 34.9 Å². The van der Waals surface area contributed by atoms with Crippen LogP contribution < -0.4 is 5.32 Å². The molecule has 2 aromatic rings. The molecule has 1 aromatic carbocycles. The predicted octanol–water partition coefficient (Wildman–Crippen LogP) is 3.84. The minimum atomic E-state index is 0.456. The van der Waals surface area contributed by atoms with Crippen molar-refractivity contribution in [3.8, 4) is 0 Å². The largest absolute Gasteiger partial charge is 0.303 e. The zero-order chi connectivity index (χ0) is 14.4. The van der Waals surface area contributed by atoms with Gasteiger partial charge in [0.15, 0.2) is 0 Å². The van der Waals surface area contributed by atoms with Gasteiger partial charge in [-0.15, -0.1) is 0 Å². The average Bonchev–Trinajstić information content (AvgIpc) is 3.06. The lowest BCUT2D eigenvalue weighted by atomic mass is 9.92. The van der Waals surface area contributed by atoms with E-state index in [1.165, 1.54) is 52.5 Å². The fourth-order valence-electron chi connectivity index (χ4n) is 3.91. The molecule has 21 heavy (non-hydrogen) atoms. The standard InChI is InChI=1S/C17H20BrN3/c1-21-17-7-3-6-15(13(17)10-19-21)20-16-9-8-11-12(16)4-2-5-14(11)18/h2,4-5,10,15-16,20H,3,6-9H2,1H3. The summed E-state index contributed by atoms with van der Waals surface area (Å²) < 4.78 is 3.30. The second-order valence-corrected chi connectivity index (χ2v) is 7.03. The first-order valence-corrected chi connectivity index (χ1v) is 8.57. The van der Waals surface area contributed by atoms with E-state index in [1.807, 2.05) is 4.68 Å². The van der Waals surface area contributed by atoms with Crippen molar-refractivity contribution in [3.05, 3.63) is 51.3 Å². The average molecular weight is 346 g/mol. The Morgan fingerprint density at radius 1 is 1.19 bits per heavy atom. The number of rotatable bonds is 2. The number of hydrogen-bond acceptors (Lipinski definition) is 2. The Balaban J connectivity index is 1.61. The van der Waals surface area contributed by atoms with Crippen molar-refractivity contribution in [2.75, 3.05) is 0 Å². The van der Waals surface area contributed by atoms with Crippen molar-refractivity contribution in [1.29, 1.82) is 0 Å². The van der Waals surface area contributed by atoms with E-state index in [-0.39, 0.29) is 0 Å². The first-order chi connectivity index (χ1) is 10.2. The number of benzene rings is 1. The highest BCUT2D eigenvalue weighted by molar-refractivity contribution is 9.10. The molecule has 0 fully saturated rings. The van der Waals surface area contributed by atoms with Crippen LogP contribution in [0.25, 0.3) is 0 Å². The predicted molar refractivity (Wildman–Crippen MR) is 87.2 cm³/mol. The van der Waals surface area contributed by atoms with E-state index in [0.717, 1.165) is 6.42 Å². The van der Waals surface area contributed by atoms with Crippen LogP contribution in [0, 0.1) is 0 Å². The van der Waals surface area contributed by atoms with Gasteiger partial charge in [0.05, 0.1) is 6.20 Å². The Hall–Kier alpha value is -1.13. The van der Waals surface area contributed by atoms with Crippen LogP contribution in [0.1, 0.15) is 53.7 Å². The summed E-state index contributed by atoms with van der Waals surface area (Å²) >= 11 is 3.69. The summed E-state index contributed by atoms with van der Waals surface area (Å²) in [5, 5.41) is 8.35. The van der Waals surface area contributed by atoms with Crippen LogP contribution >= 0.6 is 15.9 Å². The van der Waals surface area contributed by atoms with E-state index < -0.39 is 0 Å². The van der Waals surface area contributed by atoms with Gasteiger partial charge in [-0.1, -0.05) is 28.1 Å². The Labute approximate surface area is 133 Å². The highest BCUT2D eigenvalue weighted by Crippen LogP contribution is 2.39. The van der Waals surface area contributed by atoms with E-state index in [4.69, 9.17) is 0 Å². The van der Waals surface area contributed by atoms with Crippen molar-refractivity contribution >= 4 is 15.9 Å². The number of nitrogens with one attached hydrogen (secondary N) is 1. The molecule has 3 nitrogen and oxygen atoms in total. The molecular formula is C17H20BrN3. The number of hydrogen-bond donors (Lipinski definition) is 1. The highest BCUT2D eigenvalue weighted by Gasteiger charge is 2.29. The molecule has 1 N–H and O–H groups in total. The Morgan fingerprint density at radius 2 is 2.05 bits per heavy atom. The van der Waals surface area contributed by atoms with Crippen molar-refractivity contribution < 1.29 is 0 Å². The molecular weight excluding hydrogens is 326 g/mol. The fourth-order valence-corrected chi connectivity index (χ4v) is 4.48. The van der Waals surface area contributed by atoms with Crippen LogP contribution in [0.4, 0.5) is 0 Å². The van der Waals surface area contributed by atoms with E-state index in [9.17, 15) is 0 Å². The van der Waals surface area contributed by atoms with Gasteiger partial charge in [0.25, 0.3) is 0 Å². The Morgan fingerprint density at radius 3 is 2.95 bits per heavy atom. The minimum absolute atomic E-state index is 0.456. The van der Waals surface area contributed by atoms with Crippen molar-refractivity contribution in [3.63, 3.8) is 0 Å². The summed E-state index contributed by atoms with van der Waals surface area (Å²) in [6, 6.07) is 7.52. The van der Waals surface area contributed by atoms with E-state index in [1.54, 1.807) is 0 Å². The molecule has 0 radical (unpaired) electrons. The van der Waals surface area contributed by atoms with Crippen LogP contribution in [-0.4, -0.2) is 9.78 Å². The molecule has 2 unspecified atom stereocenters. The molecule has 0 aliphatic heterocycles. The molecule has 0 amide bonds. The first-order valence-electron chi connectivity index (χ1n) is 7.78. The molecule has 4 rings (SSSR count). The minimum Gasteiger partial charge on any atom is -0.303 e. The second-order valence-electron chi connectivity index (χ2n) is 6.18. The quantitative estimate of drug-likeness (QED) is 0.896. The van der Waals surface area contributed by atoms with Crippen LogP contribution in [-0.2, 0) is 19.9 Å². The summed E-state index contributed by atoms with van der Waals surface area (Å²) in [5.74, 6) is 0. The van der Waals surface area contributed by atoms with Gasteiger partial charge in [-0.3, -0.25) is 4.68 Å². The number of aryl methyl sites for hydroxylation is 1. The topological polar surface area (TPSA) is 29.9 Å². The van der Waals surface area contributed by atoms with Crippen LogP contribution in [0.3, 0.4) is 0 Å². The summed E-state index contributed by atoms with van der Waals surface area (Å²) in [7, 11) is 2.06. The van der Waals surface area contributed by atoms with Crippen LogP contribution in [0.5, 0.6) is 0 Å². The summed E-state index contributed by atoms with van der Waals surface area (Å²) in [6.07, 6.45) is 8.06. The molecule has 0 saturated carbocycles. The molecule has 1 heterocycles. The first kappa shape index (κ1) is 13.5. The van der Waals surface area contributed by atoms with Crippen LogP contribution in [0.15, 0.2) is 28.9 Å². The van der Waals surface area contributed by atoms with Gasteiger partial charge in [-0.25, -0.2) is 0 Å². The molecule has 0 saturated heterocycles. The van der Waals surface area contributed by atoms with Gasteiger partial charge < -0.3 is 5.32 Å². The molecule has 2 aliphatic carbocycles. The number of fused-ring (bicyclic) bond motifs is 2. The summed E-state index contributed by atoms with van der Waals surface area (Å²) in [6.45, 7) is 0. The van der Waals surface area contributed by atoms with Gasteiger partial charge in [-0.2, -0.15) is 5.10 Å². The molecule has 0 spiro atoms. The van der Waals surface area contributed by atoms with Gasteiger partial charge in [-0.05, 0) is 49.3 Å². The third-order valence-corrected chi connectivity index (χ3v) is 5.73. The molecule has 4 heteroatoms. The molecule has 1 aromatic heterocycles. The Bertz CT molecular complexity index is 677. The van der Waals surface area contributed by atoms with Gasteiger partial charge in [0.2, 0.25) is 0 Å².